The van der Waals surface area contributed by atoms with E-state index >= 15 is 0 Å². The molecule has 2 bridgehead atoms. The van der Waals surface area contributed by atoms with Gasteiger partial charge in [-0.2, -0.15) is 0 Å². The van der Waals surface area contributed by atoms with Crippen molar-refractivity contribution in [1.82, 2.24) is 4.90 Å². The second-order valence-corrected chi connectivity index (χ2v) is 6.99. The minimum atomic E-state index is -0.321. The van der Waals surface area contributed by atoms with Crippen LogP contribution in [-0.4, -0.2) is 42.0 Å². The highest BCUT2D eigenvalue weighted by Crippen LogP contribution is 2.41. The number of carbonyl (C=O) groups is 2. The third-order valence-corrected chi connectivity index (χ3v) is 5.65. The van der Waals surface area contributed by atoms with E-state index < -0.39 is 0 Å². The second-order valence-electron chi connectivity index (χ2n) is 6.99. The van der Waals surface area contributed by atoms with Crippen LogP contribution >= 0.6 is 0 Å². The van der Waals surface area contributed by atoms with Crippen molar-refractivity contribution in [2.45, 2.75) is 37.4 Å². The molecule has 0 saturated carbocycles. The number of nitrogens with zero attached hydrogens (tertiary/aromatic N) is 1. The predicted molar refractivity (Wildman–Crippen MR) is 84.4 cm³/mol. The van der Waals surface area contributed by atoms with Crippen LogP contribution < -0.4 is 5.73 Å². The maximum atomic E-state index is 12.9. The molecule has 5 atom stereocenters. The van der Waals surface area contributed by atoms with Gasteiger partial charge in [-0.25, -0.2) is 0 Å². The van der Waals surface area contributed by atoms with Crippen LogP contribution in [0, 0.1) is 11.8 Å². The minimum absolute atomic E-state index is 0.00263. The summed E-state index contributed by atoms with van der Waals surface area (Å²) in [7, 11) is 0. The molecule has 122 valence electrons. The zero-order valence-corrected chi connectivity index (χ0v) is 13.1. The van der Waals surface area contributed by atoms with Crippen molar-refractivity contribution in [3.63, 3.8) is 0 Å². The summed E-state index contributed by atoms with van der Waals surface area (Å²) >= 11 is 0. The number of likely N-dealkylation sites (tertiary alicyclic amines) is 1. The number of carbonyl (C=O) groups excluding carboxylic acids is 2. The number of nitrogens with two attached hydrogens (primary N) is 1. The van der Waals surface area contributed by atoms with Crippen LogP contribution in [0.25, 0.3) is 0 Å². The fraction of sp³-hybridized carbons (Fsp3) is 0.556. The largest absolute Gasteiger partial charge is 0.374 e. The summed E-state index contributed by atoms with van der Waals surface area (Å²) in [5.41, 5.74) is 6.68. The van der Waals surface area contributed by atoms with Crippen LogP contribution in [0.3, 0.4) is 0 Å². The summed E-state index contributed by atoms with van der Waals surface area (Å²) in [4.78, 5) is 26.6. The van der Waals surface area contributed by atoms with Crippen molar-refractivity contribution < 1.29 is 14.3 Å². The molecule has 3 aliphatic heterocycles. The van der Waals surface area contributed by atoms with E-state index in [0.29, 0.717) is 13.1 Å². The summed E-state index contributed by atoms with van der Waals surface area (Å²) in [5.74, 6) is -0.518. The number of hydrogen-bond donors (Lipinski definition) is 1. The number of ether oxygens (including phenoxy) is 1. The van der Waals surface area contributed by atoms with Gasteiger partial charge in [0.05, 0.1) is 24.0 Å². The molecule has 5 heteroatoms. The quantitative estimate of drug-likeness (QED) is 0.913. The van der Waals surface area contributed by atoms with Crippen molar-refractivity contribution >= 4 is 11.8 Å². The Hall–Kier alpha value is -1.88. The molecule has 23 heavy (non-hydrogen) atoms. The molecule has 3 aliphatic rings. The highest BCUT2D eigenvalue weighted by molar-refractivity contribution is 5.84. The molecule has 5 nitrogen and oxygen atoms in total. The molecule has 2 N–H and O–H groups in total. The van der Waals surface area contributed by atoms with Gasteiger partial charge in [-0.15, -0.1) is 0 Å². The van der Waals surface area contributed by atoms with Gasteiger partial charge in [0.1, 0.15) is 0 Å². The van der Waals surface area contributed by atoms with Gasteiger partial charge in [-0.3, -0.25) is 9.59 Å². The van der Waals surface area contributed by atoms with Gasteiger partial charge in [0, 0.05) is 19.0 Å². The maximum Gasteiger partial charge on any atom is 0.228 e. The Labute approximate surface area is 135 Å². The molecular weight excluding hydrogens is 292 g/mol. The van der Waals surface area contributed by atoms with Crippen LogP contribution in [0.15, 0.2) is 30.3 Å². The fourth-order valence-electron chi connectivity index (χ4n) is 4.44. The lowest BCUT2D eigenvalue weighted by Crippen LogP contribution is -2.39. The number of primary amides is 1. The van der Waals surface area contributed by atoms with Gasteiger partial charge in [-0.05, 0) is 24.8 Å². The van der Waals surface area contributed by atoms with E-state index in [1.54, 1.807) is 0 Å². The van der Waals surface area contributed by atoms with Crippen molar-refractivity contribution in [2.24, 2.45) is 17.6 Å². The first-order valence-electron chi connectivity index (χ1n) is 8.42. The van der Waals surface area contributed by atoms with E-state index in [4.69, 9.17) is 10.5 Å². The number of rotatable bonds is 3. The predicted octanol–water partition coefficient (Wildman–Crippen LogP) is 1.28. The van der Waals surface area contributed by atoms with Gasteiger partial charge in [0.25, 0.3) is 0 Å². The normalized spacial score (nSPS) is 35.7. The zero-order valence-electron chi connectivity index (χ0n) is 13.1. The van der Waals surface area contributed by atoms with Crippen molar-refractivity contribution in [3.8, 4) is 0 Å². The molecule has 3 saturated heterocycles. The molecule has 4 rings (SSSR count). The number of benzene rings is 1. The Kier molecular flexibility index (Phi) is 3.60. The Morgan fingerprint density at radius 1 is 1.09 bits per heavy atom. The van der Waals surface area contributed by atoms with Crippen molar-refractivity contribution in [1.29, 1.82) is 0 Å². The number of amides is 2. The standard InChI is InChI=1S/C18H22N2O3/c19-17(21)15-10-20(9-14(15)11-4-2-1-3-5-11)18(22)13-8-12-6-7-16(13)23-12/h1-5,12-16H,6-10H2,(H2,19,21)/t12-,13-,14+,15-,16+/m1/s1. The summed E-state index contributed by atoms with van der Waals surface area (Å²) in [6.07, 6.45) is 3.22. The Morgan fingerprint density at radius 2 is 1.87 bits per heavy atom. The van der Waals surface area contributed by atoms with E-state index in [9.17, 15) is 9.59 Å². The third-order valence-electron chi connectivity index (χ3n) is 5.65. The molecule has 0 aliphatic carbocycles. The minimum Gasteiger partial charge on any atom is -0.374 e. The first kappa shape index (κ1) is 14.7. The second kappa shape index (κ2) is 5.64. The molecule has 0 radical (unpaired) electrons. The molecule has 1 aromatic carbocycles. The summed E-state index contributed by atoms with van der Waals surface area (Å²) < 4.78 is 5.81. The highest BCUT2D eigenvalue weighted by Gasteiger charge is 2.48. The SMILES string of the molecule is NC(=O)[C@@H]1CN(C(=O)[C@@H]2C[C@H]3CC[C@@H]2O3)C[C@H]1c1ccccc1. The Bertz CT molecular complexity index is 618. The number of fused-ring (bicyclic) bond motifs is 2. The van der Waals surface area contributed by atoms with E-state index in [0.717, 1.165) is 24.8 Å². The van der Waals surface area contributed by atoms with Crippen molar-refractivity contribution in [2.75, 3.05) is 13.1 Å². The van der Waals surface area contributed by atoms with Gasteiger partial charge in [-0.1, -0.05) is 30.3 Å². The molecule has 1 aromatic rings. The topological polar surface area (TPSA) is 72.6 Å². The maximum absolute atomic E-state index is 12.9. The van der Waals surface area contributed by atoms with E-state index in [-0.39, 0.29) is 41.8 Å². The monoisotopic (exact) mass is 314 g/mol. The zero-order chi connectivity index (χ0) is 16.0. The van der Waals surface area contributed by atoms with E-state index in [2.05, 4.69) is 0 Å². The Morgan fingerprint density at radius 3 is 2.48 bits per heavy atom. The third kappa shape index (κ3) is 2.53. The molecular formula is C18H22N2O3. The Balaban J connectivity index is 1.52. The molecule has 2 amide bonds. The first-order valence-corrected chi connectivity index (χ1v) is 8.42. The van der Waals surface area contributed by atoms with Crippen LogP contribution in [0.5, 0.6) is 0 Å². The molecule has 3 heterocycles. The number of hydrogen-bond acceptors (Lipinski definition) is 3. The van der Waals surface area contributed by atoms with Crippen LogP contribution in [0.1, 0.15) is 30.7 Å². The fourth-order valence-corrected chi connectivity index (χ4v) is 4.44. The molecule has 0 spiro atoms. The van der Waals surface area contributed by atoms with E-state index in [1.807, 2.05) is 35.2 Å². The van der Waals surface area contributed by atoms with Crippen LogP contribution in [0.2, 0.25) is 0 Å². The van der Waals surface area contributed by atoms with Gasteiger partial charge < -0.3 is 15.4 Å². The summed E-state index contributed by atoms with van der Waals surface area (Å²) in [6, 6.07) is 9.89. The van der Waals surface area contributed by atoms with Gasteiger partial charge in [0.2, 0.25) is 11.8 Å². The van der Waals surface area contributed by atoms with Crippen LogP contribution in [0.4, 0.5) is 0 Å². The summed E-state index contributed by atoms with van der Waals surface area (Å²) in [6.45, 7) is 1.01. The lowest BCUT2D eigenvalue weighted by atomic mass is 9.88. The molecule has 0 unspecified atom stereocenters. The van der Waals surface area contributed by atoms with Crippen molar-refractivity contribution in [3.05, 3.63) is 35.9 Å². The average molecular weight is 314 g/mol. The first-order chi connectivity index (χ1) is 11.1. The lowest BCUT2D eigenvalue weighted by molar-refractivity contribution is -0.136. The average Bonchev–Trinajstić information content (AvgIpc) is 3.29. The smallest absolute Gasteiger partial charge is 0.228 e. The van der Waals surface area contributed by atoms with Crippen LogP contribution in [-0.2, 0) is 14.3 Å². The highest BCUT2D eigenvalue weighted by atomic mass is 16.5. The van der Waals surface area contributed by atoms with E-state index in [1.165, 1.54) is 0 Å². The molecule has 3 fully saturated rings. The summed E-state index contributed by atoms with van der Waals surface area (Å²) in [5, 5.41) is 0. The molecule has 0 aromatic heterocycles. The van der Waals surface area contributed by atoms with Gasteiger partial charge >= 0.3 is 0 Å². The lowest BCUT2D eigenvalue weighted by Gasteiger charge is -2.24. The van der Waals surface area contributed by atoms with Gasteiger partial charge in [0.15, 0.2) is 0 Å².